The van der Waals surface area contributed by atoms with Crippen molar-refractivity contribution in [3.63, 3.8) is 0 Å². The first-order valence-corrected chi connectivity index (χ1v) is 16.8. The summed E-state index contributed by atoms with van der Waals surface area (Å²) in [4.78, 5) is 14.5. The van der Waals surface area contributed by atoms with Gasteiger partial charge in [0, 0.05) is 57.4 Å². The number of aromatic nitrogens is 2. The van der Waals surface area contributed by atoms with E-state index < -0.39 is 0 Å². The van der Waals surface area contributed by atoms with Gasteiger partial charge in [0.1, 0.15) is 0 Å². The molecule has 0 N–H and O–H groups in total. The summed E-state index contributed by atoms with van der Waals surface area (Å²) in [5.41, 5.74) is 12.4. The molecule has 2 heterocycles. The van der Waals surface area contributed by atoms with Crippen LogP contribution in [0, 0.1) is 0 Å². The van der Waals surface area contributed by atoms with Crippen molar-refractivity contribution in [3.8, 4) is 33.6 Å². The van der Waals surface area contributed by atoms with E-state index in [-0.39, 0.29) is 0 Å². The average Bonchev–Trinajstić information content (AvgIpc) is 3.20. The lowest BCUT2D eigenvalue weighted by atomic mass is 10.0. The fraction of sp³-hybridized carbons (Fsp3) is 0. The van der Waals surface area contributed by atoms with Crippen LogP contribution in [0.25, 0.3) is 33.6 Å². The van der Waals surface area contributed by atoms with E-state index >= 15 is 0 Å². The van der Waals surface area contributed by atoms with Crippen LogP contribution in [0.15, 0.2) is 207 Å². The Morgan fingerprint density at radius 2 is 0.580 bits per heavy atom. The number of benzene rings is 6. The van der Waals surface area contributed by atoms with Crippen molar-refractivity contribution in [2.45, 2.75) is 0 Å². The summed E-state index contributed by atoms with van der Waals surface area (Å²) in [5.74, 6) is 0. The van der Waals surface area contributed by atoms with Crippen LogP contribution in [0.5, 0.6) is 0 Å². The largest absolute Gasteiger partial charge is 0.310 e. The highest BCUT2D eigenvalue weighted by molar-refractivity contribution is 5.88. The molecule has 0 unspecified atom stereocenters. The number of para-hydroxylation sites is 6. The molecule has 8 rings (SSSR count). The van der Waals surface area contributed by atoms with Crippen molar-refractivity contribution in [1.29, 1.82) is 0 Å². The lowest BCUT2D eigenvalue weighted by Gasteiger charge is -2.27. The molecule has 0 bridgehead atoms. The van der Waals surface area contributed by atoms with Crippen LogP contribution in [0.3, 0.4) is 0 Å². The maximum absolute atomic E-state index is 4.98. The van der Waals surface area contributed by atoms with E-state index in [9.17, 15) is 0 Å². The van der Waals surface area contributed by atoms with Crippen molar-refractivity contribution in [3.05, 3.63) is 207 Å². The number of pyridine rings is 2. The lowest BCUT2D eigenvalue weighted by molar-refractivity contribution is 1.25. The zero-order chi connectivity index (χ0) is 33.5. The van der Waals surface area contributed by atoms with Crippen LogP contribution in [-0.2, 0) is 0 Å². The second-order valence-corrected chi connectivity index (χ2v) is 11.9. The van der Waals surface area contributed by atoms with Gasteiger partial charge in [0.25, 0.3) is 0 Å². The van der Waals surface area contributed by atoms with E-state index in [2.05, 4.69) is 180 Å². The zero-order valence-electron chi connectivity index (χ0n) is 27.4. The Bertz CT molecular complexity index is 2040. The van der Waals surface area contributed by atoms with Gasteiger partial charge in [-0.05, 0) is 72.8 Å². The van der Waals surface area contributed by atoms with E-state index in [1.54, 1.807) is 0 Å². The van der Waals surface area contributed by atoms with Gasteiger partial charge >= 0.3 is 0 Å². The van der Waals surface area contributed by atoms with E-state index in [0.717, 1.165) is 67.8 Å². The SMILES string of the molecule is c1ccc(N(c2ccccc2)c2ccccc2-c2ccc(-c3ccc(-c4ccccc4N(c4ccccc4)c4ccccc4)nc3)cn2)cc1. The highest BCUT2D eigenvalue weighted by Gasteiger charge is 2.19. The predicted octanol–water partition coefficient (Wildman–Crippen LogP) is 12.4. The third-order valence-corrected chi connectivity index (χ3v) is 8.76. The molecule has 0 saturated heterocycles. The second kappa shape index (κ2) is 14.1. The van der Waals surface area contributed by atoms with Crippen molar-refractivity contribution >= 4 is 34.1 Å². The Kier molecular flexibility index (Phi) is 8.64. The van der Waals surface area contributed by atoms with Crippen molar-refractivity contribution in [2.24, 2.45) is 0 Å². The van der Waals surface area contributed by atoms with Crippen molar-refractivity contribution < 1.29 is 0 Å². The van der Waals surface area contributed by atoms with Gasteiger partial charge in [-0.3, -0.25) is 9.97 Å². The monoisotopic (exact) mass is 642 g/mol. The Balaban J connectivity index is 1.11. The van der Waals surface area contributed by atoms with Gasteiger partial charge in [-0.2, -0.15) is 0 Å². The van der Waals surface area contributed by atoms with Gasteiger partial charge in [0.2, 0.25) is 0 Å². The first kappa shape index (κ1) is 30.5. The molecule has 6 aromatic carbocycles. The maximum Gasteiger partial charge on any atom is 0.0723 e. The van der Waals surface area contributed by atoms with Gasteiger partial charge < -0.3 is 9.80 Å². The Morgan fingerprint density at radius 1 is 0.280 bits per heavy atom. The van der Waals surface area contributed by atoms with Crippen LogP contribution in [0.4, 0.5) is 34.1 Å². The molecule has 0 aliphatic heterocycles. The number of hydrogen-bond acceptors (Lipinski definition) is 4. The normalized spacial score (nSPS) is 10.8. The minimum absolute atomic E-state index is 0.904. The molecule has 238 valence electrons. The topological polar surface area (TPSA) is 32.3 Å². The van der Waals surface area contributed by atoms with E-state index in [1.165, 1.54) is 0 Å². The summed E-state index contributed by atoms with van der Waals surface area (Å²) >= 11 is 0. The van der Waals surface area contributed by atoms with Crippen LogP contribution in [-0.4, -0.2) is 9.97 Å². The minimum atomic E-state index is 0.904. The number of hydrogen-bond donors (Lipinski definition) is 0. The molecule has 0 saturated carbocycles. The molecule has 0 spiro atoms. The molecular weight excluding hydrogens is 609 g/mol. The van der Waals surface area contributed by atoms with Crippen molar-refractivity contribution in [1.82, 2.24) is 9.97 Å². The summed E-state index contributed by atoms with van der Waals surface area (Å²) in [6.45, 7) is 0. The fourth-order valence-electron chi connectivity index (χ4n) is 6.38. The van der Waals surface area contributed by atoms with Crippen LogP contribution < -0.4 is 9.80 Å². The van der Waals surface area contributed by atoms with Gasteiger partial charge in [0.05, 0.1) is 22.8 Å². The molecule has 50 heavy (non-hydrogen) atoms. The third kappa shape index (κ3) is 6.26. The number of anilines is 6. The molecule has 0 aliphatic rings. The molecule has 0 aliphatic carbocycles. The first-order valence-electron chi connectivity index (χ1n) is 16.8. The standard InChI is InChI=1S/C46H34N4/c1-5-17-37(18-6-1)49(38-19-7-2-8-20-38)45-27-15-13-25-41(45)43-31-29-35(33-47-43)36-30-32-44(48-34-36)42-26-14-16-28-46(42)50(39-21-9-3-10-22-39)40-23-11-4-12-24-40/h1-34H. The summed E-state index contributed by atoms with van der Waals surface area (Å²) in [6.07, 6.45) is 3.89. The Hall–Kier alpha value is -6.78. The van der Waals surface area contributed by atoms with E-state index in [4.69, 9.17) is 9.97 Å². The zero-order valence-corrected chi connectivity index (χ0v) is 27.4. The number of rotatable bonds is 9. The van der Waals surface area contributed by atoms with Crippen molar-refractivity contribution in [2.75, 3.05) is 9.80 Å². The predicted molar refractivity (Wildman–Crippen MR) is 208 cm³/mol. The third-order valence-electron chi connectivity index (χ3n) is 8.76. The van der Waals surface area contributed by atoms with Gasteiger partial charge in [-0.1, -0.05) is 121 Å². The summed E-state index contributed by atoms with van der Waals surface area (Å²) in [6, 6.07) is 67.2. The molecule has 8 aromatic rings. The van der Waals surface area contributed by atoms with Gasteiger partial charge in [-0.25, -0.2) is 0 Å². The molecule has 2 aromatic heterocycles. The molecule has 4 heteroatoms. The average molecular weight is 643 g/mol. The van der Waals surface area contributed by atoms with Crippen LogP contribution in [0.2, 0.25) is 0 Å². The smallest absolute Gasteiger partial charge is 0.0723 e. The van der Waals surface area contributed by atoms with Gasteiger partial charge in [0.15, 0.2) is 0 Å². The molecule has 0 radical (unpaired) electrons. The molecule has 0 atom stereocenters. The summed E-state index contributed by atoms with van der Waals surface area (Å²) in [5, 5.41) is 0. The molecular formula is C46H34N4. The second-order valence-electron chi connectivity index (χ2n) is 11.9. The fourth-order valence-corrected chi connectivity index (χ4v) is 6.38. The molecule has 0 amide bonds. The maximum atomic E-state index is 4.98. The highest BCUT2D eigenvalue weighted by Crippen LogP contribution is 2.42. The quantitative estimate of drug-likeness (QED) is 0.157. The first-order chi connectivity index (χ1) is 24.8. The van der Waals surface area contributed by atoms with Crippen LogP contribution >= 0.6 is 0 Å². The summed E-state index contributed by atoms with van der Waals surface area (Å²) in [7, 11) is 0. The van der Waals surface area contributed by atoms with E-state index in [1.807, 2.05) is 36.7 Å². The lowest BCUT2D eigenvalue weighted by Crippen LogP contribution is -2.11. The Labute approximate surface area is 293 Å². The Morgan fingerprint density at radius 3 is 0.880 bits per heavy atom. The molecule has 0 fully saturated rings. The minimum Gasteiger partial charge on any atom is -0.310 e. The highest BCUT2D eigenvalue weighted by atomic mass is 15.2. The van der Waals surface area contributed by atoms with Gasteiger partial charge in [-0.15, -0.1) is 0 Å². The molecule has 4 nitrogen and oxygen atoms in total. The van der Waals surface area contributed by atoms with Crippen LogP contribution in [0.1, 0.15) is 0 Å². The summed E-state index contributed by atoms with van der Waals surface area (Å²) < 4.78 is 0. The van der Waals surface area contributed by atoms with E-state index in [0.29, 0.717) is 0 Å². The number of nitrogens with zero attached hydrogens (tertiary/aromatic N) is 4.